The van der Waals surface area contributed by atoms with E-state index in [-0.39, 0.29) is 22.1 Å². The van der Waals surface area contributed by atoms with Crippen LogP contribution in [0.2, 0.25) is 5.02 Å². The van der Waals surface area contributed by atoms with E-state index < -0.39 is 21.9 Å². The number of sulfonamides is 1. The maximum absolute atomic E-state index is 13.0. The number of hydrogen-bond donors (Lipinski definition) is 0. The predicted octanol–water partition coefficient (Wildman–Crippen LogP) is 3.47. The number of esters is 1. The van der Waals surface area contributed by atoms with Crippen LogP contribution in [0, 0.1) is 5.92 Å². The van der Waals surface area contributed by atoms with E-state index in [4.69, 9.17) is 11.6 Å². The summed E-state index contributed by atoms with van der Waals surface area (Å²) in [5.74, 6) is -1.27. The Morgan fingerprint density at radius 2 is 2.07 bits per heavy atom. The van der Waals surface area contributed by atoms with E-state index in [1.807, 2.05) is 0 Å². The van der Waals surface area contributed by atoms with Gasteiger partial charge in [0, 0.05) is 29.6 Å². The lowest BCUT2D eigenvalue weighted by Crippen LogP contribution is -2.42. The Morgan fingerprint density at radius 3 is 2.78 bits per heavy atom. The zero-order valence-electron chi connectivity index (χ0n) is 14.6. The van der Waals surface area contributed by atoms with Crippen LogP contribution in [0.3, 0.4) is 0 Å². The van der Waals surface area contributed by atoms with E-state index in [2.05, 4.69) is 4.74 Å². The predicted molar refractivity (Wildman–Crippen MR) is 103 cm³/mol. The number of ketones is 1. The SMILES string of the molecule is COC(=O)c1sccc1S(=O)(=O)N1CCC[C@@H](C(=O)c2cccc(Cl)c2)C1. The van der Waals surface area contributed by atoms with Gasteiger partial charge in [-0.05, 0) is 36.4 Å². The van der Waals surface area contributed by atoms with Gasteiger partial charge in [-0.2, -0.15) is 4.31 Å². The molecule has 6 nitrogen and oxygen atoms in total. The van der Waals surface area contributed by atoms with Crippen LogP contribution in [-0.4, -0.2) is 44.7 Å². The van der Waals surface area contributed by atoms with Crippen LogP contribution in [0.1, 0.15) is 32.9 Å². The van der Waals surface area contributed by atoms with Crippen molar-refractivity contribution in [1.29, 1.82) is 0 Å². The maximum atomic E-state index is 13.0. The molecular formula is C18H18ClNO5S2. The Bertz CT molecular complexity index is 970. The molecule has 1 fully saturated rings. The van der Waals surface area contributed by atoms with Gasteiger partial charge < -0.3 is 4.74 Å². The van der Waals surface area contributed by atoms with Crippen LogP contribution >= 0.6 is 22.9 Å². The number of ether oxygens (including phenoxy) is 1. The number of rotatable bonds is 5. The van der Waals surface area contributed by atoms with Gasteiger partial charge in [-0.3, -0.25) is 4.79 Å². The summed E-state index contributed by atoms with van der Waals surface area (Å²) in [5.41, 5.74) is 0.470. The second-order valence-corrected chi connectivity index (χ2v) is 9.44. The molecule has 2 heterocycles. The molecule has 1 atom stereocenters. The Kier molecular flexibility index (Phi) is 6.00. The van der Waals surface area contributed by atoms with Crippen LogP contribution in [0.15, 0.2) is 40.6 Å². The Balaban J connectivity index is 1.84. The lowest BCUT2D eigenvalue weighted by atomic mass is 9.91. The van der Waals surface area contributed by atoms with Gasteiger partial charge >= 0.3 is 5.97 Å². The summed E-state index contributed by atoms with van der Waals surface area (Å²) in [6.45, 7) is 0.377. The van der Waals surface area contributed by atoms with Crippen molar-refractivity contribution < 1.29 is 22.7 Å². The first kappa shape index (κ1) is 20.0. The molecule has 2 aromatic rings. The van der Waals surface area contributed by atoms with E-state index in [0.29, 0.717) is 30.0 Å². The minimum absolute atomic E-state index is 0.0424. The Morgan fingerprint density at radius 1 is 1.30 bits per heavy atom. The molecule has 3 rings (SSSR count). The molecule has 1 saturated heterocycles. The molecule has 0 unspecified atom stereocenters. The molecule has 0 amide bonds. The molecule has 1 aromatic carbocycles. The number of carbonyl (C=O) groups excluding carboxylic acids is 2. The number of methoxy groups -OCH3 is 1. The number of piperidine rings is 1. The highest BCUT2D eigenvalue weighted by atomic mass is 35.5. The topological polar surface area (TPSA) is 80.8 Å². The molecule has 9 heteroatoms. The first-order chi connectivity index (χ1) is 12.8. The zero-order chi connectivity index (χ0) is 19.6. The summed E-state index contributed by atoms with van der Waals surface area (Å²) in [6, 6.07) is 8.04. The summed E-state index contributed by atoms with van der Waals surface area (Å²) < 4.78 is 32.0. The van der Waals surface area contributed by atoms with E-state index in [1.54, 1.807) is 24.3 Å². The van der Waals surface area contributed by atoms with E-state index in [0.717, 1.165) is 11.3 Å². The van der Waals surface area contributed by atoms with Crippen molar-refractivity contribution in [3.05, 3.63) is 51.2 Å². The van der Waals surface area contributed by atoms with Gasteiger partial charge in [-0.25, -0.2) is 13.2 Å². The number of Topliss-reactive ketones (excluding diaryl/α,β-unsaturated/α-hetero) is 1. The van der Waals surface area contributed by atoms with Gasteiger partial charge in [0.2, 0.25) is 10.0 Å². The molecule has 1 aliphatic heterocycles. The molecule has 0 aliphatic carbocycles. The zero-order valence-corrected chi connectivity index (χ0v) is 16.9. The van der Waals surface area contributed by atoms with Gasteiger partial charge in [-0.1, -0.05) is 23.7 Å². The number of hydrogen-bond acceptors (Lipinski definition) is 6. The average Bonchev–Trinajstić information content (AvgIpc) is 3.17. The first-order valence-corrected chi connectivity index (χ1v) is 11.0. The normalized spacial score (nSPS) is 18.2. The van der Waals surface area contributed by atoms with Gasteiger partial charge in [0.1, 0.15) is 9.77 Å². The maximum Gasteiger partial charge on any atom is 0.349 e. The summed E-state index contributed by atoms with van der Waals surface area (Å²) in [6.07, 6.45) is 1.17. The van der Waals surface area contributed by atoms with Crippen LogP contribution in [-0.2, 0) is 14.8 Å². The molecular weight excluding hydrogens is 410 g/mol. The van der Waals surface area contributed by atoms with Gasteiger partial charge in [0.15, 0.2) is 5.78 Å². The fourth-order valence-corrected chi connectivity index (χ4v) is 6.16. The van der Waals surface area contributed by atoms with E-state index >= 15 is 0 Å². The van der Waals surface area contributed by atoms with Crippen molar-refractivity contribution in [1.82, 2.24) is 4.31 Å². The fourth-order valence-electron chi connectivity index (χ4n) is 3.13. The molecule has 0 bridgehead atoms. The lowest BCUT2D eigenvalue weighted by Gasteiger charge is -2.31. The van der Waals surface area contributed by atoms with E-state index in [1.165, 1.54) is 22.9 Å². The second-order valence-electron chi connectivity index (χ2n) is 6.18. The molecule has 144 valence electrons. The summed E-state index contributed by atoms with van der Waals surface area (Å²) >= 11 is 6.97. The number of benzene rings is 1. The summed E-state index contributed by atoms with van der Waals surface area (Å²) in [5, 5.41) is 2.00. The molecule has 0 radical (unpaired) electrons. The minimum atomic E-state index is -3.90. The number of thiophene rings is 1. The van der Waals surface area contributed by atoms with Crippen LogP contribution in [0.4, 0.5) is 0 Å². The number of halogens is 1. The number of nitrogens with zero attached hydrogens (tertiary/aromatic N) is 1. The summed E-state index contributed by atoms with van der Waals surface area (Å²) in [7, 11) is -2.69. The molecule has 1 aromatic heterocycles. The van der Waals surface area contributed by atoms with Crippen molar-refractivity contribution in [3.63, 3.8) is 0 Å². The largest absolute Gasteiger partial charge is 0.465 e. The molecule has 0 spiro atoms. The minimum Gasteiger partial charge on any atom is -0.465 e. The lowest BCUT2D eigenvalue weighted by molar-refractivity contribution is 0.0601. The highest BCUT2D eigenvalue weighted by Crippen LogP contribution is 2.30. The Hall–Kier alpha value is -1.74. The van der Waals surface area contributed by atoms with E-state index in [9.17, 15) is 18.0 Å². The quantitative estimate of drug-likeness (QED) is 0.539. The highest BCUT2D eigenvalue weighted by molar-refractivity contribution is 7.89. The van der Waals surface area contributed by atoms with Crippen molar-refractivity contribution >= 4 is 44.7 Å². The van der Waals surface area contributed by atoms with Gasteiger partial charge in [0.25, 0.3) is 0 Å². The number of carbonyl (C=O) groups is 2. The highest BCUT2D eigenvalue weighted by Gasteiger charge is 2.36. The average molecular weight is 428 g/mol. The summed E-state index contributed by atoms with van der Waals surface area (Å²) in [4.78, 5) is 24.6. The van der Waals surface area contributed by atoms with Crippen LogP contribution in [0.25, 0.3) is 0 Å². The van der Waals surface area contributed by atoms with Gasteiger partial charge in [-0.15, -0.1) is 11.3 Å². The smallest absolute Gasteiger partial charge is 0.349 e. The molecule has 0 N–H and O–H groups in total. The Labute approximate surface area is 166 Å². The van der Waals surface area contributed by atoms with Crippen LogP contribution in [0.5, 0.6) is 0 Å². The van der Waals surface area contributed by atoms with Crippen molar-refractivity contribution in [2.75, 3.05) is 20.2 Å². The van der Waals surface area contributed by atoms with Crippen LogP contribution < -0.4 is 0 Å². The standard InChI is InChI=1S/C18H18ClNO5S2/c1-25-18(22)17-15(7-9-26-17)27(23,24)20-8-3-5-13(11-20)16(21)12-4-2-6-14(19)10-12/h2,4,6-7,9-10,13H,3,5,8,11H2,1H3/t13-/m1/s1. The molecule has 1 aliphatic rings. The van der Waals surface area contributed by atoms with Gasteiger partial charge in [0.05, 0.1) is 7.11 Å². The molecule has 27 heavy (non-hydrogen) atoms. The monoisotopic (exact) mass is 427 g/mol. The molecule has 0 saturated carbocycles. The third kappa shape index (κ3) is 4.08. The fraction of sp³-hybridized carbons (Fsp3) is 0.333. The van der Waals surface area contributed by atoms with Crippen molar-refractivity contribution in [2.45, 2.75) is 17.7 Å². The third-order valence-electron chi connectivity index (χ3n) is 4.48. The third-order valence-corrected chi connectivity index (χ3v) is 7.65. The second kappa shape index (κ2) is 8.10. The first-order valence-electron chi connectivity index (χ1n) is 8.30. The van der Waals surface area contributed by atoms with Crippen molar-refractivity contribution in [3.8, 4) is 0 Å². The van der Waals surface area contributed by atoms with Crippen molar-refractivity contribution in [2.24, 2.45) is 5.92 Å².